The van der Waals surface area contributed by atoms with Crippen LogP contribution in [0.1, 0.15) is 50.7 Å². The van der Waals surface area contributed by atoms with Gasteiger partial charge in [-0.15, -0.1) is 0 Å². The molecule has 0 unspecified atom stereocenters. The SMILES string of the molecule is CCc1cccc(C(CC)CC)c1OC. The van der Waals surface area contributed by atoms with Crippen LogP contribution in [0.15, 0.2) is 18.2 Å². The van der Waals surface area contributed by atoms with Gasteiger partial charge in [0.05, 0.1) is 7.11 Å². The first-order valence-electron chi connectivity index (χ1n) is 5.94. The number of aryl methyl sites for hydroxylation is 1. The van der Waals surface area contributed by atoms with Crippen LogP contribution in [0, 0.1) is 0 Å². The maximum atomic E-state index is 5.55. The van der Waals surface area contributed by atoms with Crippen LogP contribution < -0.4 is 4.74 Å². The number of benzene rings is 1. The summed E-state index contributed by atoms with van der Waals surface area (Å²) in [6.45, 7) is 6.66. The van der Waals surface area contributed by atoms with Crippen LogP contribution in [-0.2, 0) is 6.42 Å². The summed E-state index contributed by atoms with van der Waals surface area (Å²) in [6, 6.07) is 6.51. The lowest BCUT2D eigenvalue weighted by Crippen LogP contribution is -2.01. The molecule has 0 saturated carbocycles. The van der Waals surface area contributed by atoms with Crippen LogP contribution in [0.3, 0.4) is 0 Å². The standard InChI is InChI=1S/C14H22O/c1-5-11(6-2)13-10-8-9-12(7-3)14(13)15-4/h8-11H,5-7H2,1-4H3. The van der Waals surface area contributed by atoms with Crippen molar-refractivity contribution < 1.29 is 4.74 Å². The number of hydrogen-bond acceptors (Lipinski definition) is 1. The summed E-state index contributed by atoms with van der Waals surface area (Å²) < 4.78 is 5.55. The van der Waals surface area contributed by atoms with Crippen molar-refractivity contribution >= 4 is 0 Å². The fourth-order valence-electron chi connectivity index (χ4n) is 2.18. The highest BCUT2D eigenvalue weighted by Gasteiger charge is 2.14. The van der Waals surface area contributed by atoms with Gasteiger partial charge in [0.25, 0.3) is 0 Å². The van der Waals surface area contributed by atoms with Crippen molar-refractivity contribution in [2.24, 2.45) is 0 Å². The third-order valence-corrected chi connectivity index (χ3v) is 3.14. The average molecular weight is 206 g/mol. The predicted molar refractivity (Wildman–Crippen MR) is 65.7 cm³/mol. The molecular formula is C14H22O. The van der Waals surface area contributed by atoms with Gasteiger partial charge in [0, 0.05) is 0 Å². The minimum absolute atomic E-state index is 0.631. The average Bonchev–Trinajstić information content (AvgIpc) is 2.30. The van der Waals surface area contributed by atoms with E-state index in [-0.39, 0.29) is 0 Å². The first-order chi connectivity index (χ1) is 7.28. The van der Waals surface area contributed by atoms with E-state index in [0.717, 1.165) is 12.2 Å². The topological polar surface area (TPSA) is 9.23 Å². The number of hydrogen-bond donors (Lipinski definition) is 0. The molecule has 0 aliphatic heterocycles. The molecule has 0 aliphatic carbocycles. The highest BCUT2D eigenvalue weighted by molar-refractivity contribution is 5.43. The van der Waals surface area contributed by atoms with Gasteiger partial charge in [-0.3, -0.25) is 0 Å². The molecule has 1 rings (SSSR count). The fraction of sp³-hybridized carbons (Fsp3) is 0.571. The lowest BCUT2D eigenvalue weighted by molar-refractivity contribution is 0.399. The summed E-state index contributed by atoms with van der Waals surface area (Å²) in [7, 11) is 1.78. The molecule has 0 radical (unpaired) electrons. The Labute approximate surface area is 93.5 Å². The van der Waals surface area contributed by atoms with Gasteiger partial charge < -0.3 is 4.74 Å². The summed E-state index contributed by atoms with van der Waals surface area (Å²) in [5.74, 6) is 1.74. The first-order valence-corrected chi connectivity index (χ1v) is 5.94. The lowest BCUT2D eigenvalue weighted by atomic mass is 9.91. The number of rotatable bonds is 5. The van der Waals surface area contributed by atoms with E-state index >= 15 is 0 Å². The van der Waals surface area contributed by atoms with Crippen LogP contribution in [-0.4, -0.2) is 7.11 Å². The second-order valence-electron chi connectivity index (χ2n) is 3.91. The van der Waals surface area contributed by atoms with Gasteiger partial charge in [-0.2, -0.15) is 0 Å². The number of para-hydroxylation sites is 1. The molecule has 0 saturated heterocycles. The normalized spacial score (nSPS) is 10.7. The zero-order valence-corrected chi connectivity index (χ0v) is 10.3. The Kier molecular flexibility index (Phi) is 4.67. The van der Waals surface area contributed by atoms with E-state index in [0.29, 0.717) is 5.92 Å². The summed E-state index contributed by atoms with van der Waals surface area (Å²) in [5, 5.41) is 0. The lowest BCUT2D eigenvalue weighted by Gasteiger charge is -2.18. The summed E-state index contributed by atoms with van der Waals surface area (Å²) in [5.41, 5.74) is 2.70. The van der Waals surface area contributed by atoms with Crippen molar-refractivity contribution in [2.45, 2.75) is 46.0 Å². The Morgan fingerprint density at radius 1 is 1.13 bits per heavy atom. The van der Waals surface area contributed by atoms with Gasteiger partial charge in [-0.25, -0.2) is 0 Å². The monoisotopic (exact) mass is 206 g/mol. The molecule has 0 aliphatic rings. The van der Waals surface area contributed by atoms with Crippen LogP contribution in [0.5, 0.6) is 5.75 Å². The maximum Gasteiger partial charge on any atom is 0.125 e. The number of ether oxygens (including phenoxy) is 1. The molecule has 0 N–H and O–H groups in total. The Balaban J connectivity index is 3.15. The molecule has 1 nitrogen and oxygen atoms in total. The van der Waals surface area contributed by atoms with E-state index in [1.54, 1.807) is 7.11 Å². The second-order valence-corrected chi connectivity index (χ2v) is 3.91. The van der Waals surface area contributed by atoms with E-state index in [1.807, 2.05) is 0 Å². The van der Waals surface area contributed by atoms with E-state index in [9.17, 15) is 0 Å². The summed E-state index contributed by atoms with van der Waals surface area (Å²) in [4.78, 5) is 0. The molecule has 84 valence electrons. The third-order valence-electron chi connectivity index (χ3n) is 3.14. The van der Waals surface area contributed by atoms with E-state index in [2.05, 4.69) is 39.0 Å². The third kappa shape index (κ3) is 2.53. The van der Waals surface area contributed by atoms with Crippen molar-refractivity contribution in [3.63, 3.8) is 0 Å². The van der Waals surface area contributed by atoms with E-state index in [1.165, 1.54) is 24.0 Å². The molecule has 0 bridgehead atoms. The fourth-order valence-corrected chi connectivity index (χ4v) is 2.18. The van der Waals surface area contributed by atoms with Gasteiger partial charge in [0.1, 0.15) is 5.75 Å². The first kappa shape index (κ1) is 12.1. The van der Waals surface area contributed by atoms with Gasteiger partial charge in [-0.1, -0.05) is 39.0 Å². The minimum Gasteiger partial charge on any atom is -0.496 e. The number of methoxy groups -OCH3 is 1. The maximum absolute atomic E-state index is 5.55. The highest BCUT2D eigenvalue weighted by atomic mass is 16.5. The van der Waals surface area contributed by atoms with Crippen LogP contribution in [0.4, 0.5) is 0 Å². The van der Waals surface area contributed by atoms with Crippen molar-refractivity contribution in [1.82, 2.24) is 0 Å². The molecule has 0 amide bonds. The van der Waals surface area contributed by atoms with Crippen molar-refractivity contribution in [3.05, 3.63) is 29.3 Å². The molecule has 0 fully saturated rings. The van der Waals surface area contributed by atoms with Crippen LogP contribution in [0.2, 0.25) is 0 Å². The van der Waals surface area contributed by atoms with Crippen molar-refractivity contribution in [2.75, 3.05) is 7.11 Å². The molecule has 1 aromatic rings. The second kappa shape index (κ2) is 5.79. The van der Waals surface area contributed by atoms with Gasteiger partial charge in [0.15, 0.2) is 0 Å². The van der Waals surface area contributed by atoms with E-state index in [4.69, 9.17) is 4.74 Å². The Bertz CT molecular complexity index is 300. The zero-order chi connectivity index (χ0) is 11.3. The quantitative estimate of drug-likeness (QED) is 0.703. The summed E-state index contributed by atoms with van der Waals surface area (Å²) >= 11 is 0. The molecule has 0 aromatic heterocycles. The zero-order valence-electron chi connectivity index (χ0n) is 10.3. The Hall–Kier alpha value is -0.980. The molecule has 1 heteroatoms. The molecule has 0 heterocycles. The van der Waals surface area contributed by atoms with Gasteiger partial charge in [0.2, 0.25) is 0 Å². The minimum atomic E-state index is 0.631. The predicted octanol–water partition coefficient (Wildman–Crippen LogP) is 4.16. The van der Waals surface area contributed by atoms with Gasteiger partial charge in [-0.05, 0) is 36.3 Å². The van der Waals surface area contributed by atoms with E-state index < -0.39 is 0 Å². The Morgan fingerprint density at radius 2 is 1.80 bits per heavy atom. The molecule has 15 heavy (non-hydrogen) atoms. The summed E-state index contributed by atoms with van der Waals surface area (Å²) in [6.07, 6.45) is 3.40. The van der Waals surface area contributed by atoms with Crippen LogP contribution in [0.25, 0.3) is 0 Å². The largest absolute Gasteiger partial charge is 0.496 e. The molecule has 0 spiro atoms. The smallest absolute Gasteiger partial charge is 0.125 e. The van der Waals surface area contributed by atoms with Crippen LogP contribution >= 0.6 is 0 Å². The van der Waals surface area contributed by atoms with Crippen molar-refractivity contribution in [3.8, 4) is 5.75 Å². The molecule has 0 atom stereocenters. The Morgan fingerprint density at radius 3 is 2.27 bits per heavy atom. The van der Waals surface area contributed by atoms with Gasteiger partial charge >= 0.3 is 0 Å². The molecular weight excluding hydrogens is 184 g/mol. The highest BCUT2D eigenvalue weighted by Crippen LogP contribution is 2.33. The molecule has 1 aromatic carbocycles. The van der Waals surface area contributed by atoms with Crippen molar-refractivity contribution in [1.29, 1.82) is 0 Å².